The minimum Gasteiger partial charge on any atom is -0.268 e. The molecule has 1 aliphatic heterocycles. The number of aryl methyl sites for hydroxylation is 2. The van der Waals surface area contributed by atoms with E-state index >= 15 is 0 Å². The monoisotopic (exact) mass is 289 g/mol. The van der Waals surface area contributed by atoms with E-state index in [1.807, 2.05) is 6.92 Å². The predicted molar refractivity (Wildman–Crippen MR) is 70.2 cm³/mol. The maximum atomic E-state index is 12.6. The molecule has 5 nitrogen and oxygen atoms in total. The molecular formula is C12H20FN3O2S. The van der Waals surface area contributed by atoms with E-state index in [4.69, 9.17) is 0 Å². The van der Waals surface area contributed by atoms with Crippen LogP contribution in [0.5, 0.6) is 0 Å². The summed E-state index contributed by atoms with van der Waals surface area (Å²) in [6.45, 7) is 6.23. The van der Waals surface area contributed by atoms with Gasteiger partial charge in [0.1, 0.15) is 4.90 Å². The number of aromatic nitrogens is 2. The van der Waals surface area contributed by atoms with Crippen LogP contribution in [0.15, 0.2) is 4.90 Å². The van der Waals surface area contributed by atoms with Crippen LogP contribution in [-0.2, 0) is 16.6 Å². The molecule has 0 bridgehead atoms. The Labute approximate surface area is 113 Å². The van der Waals surface area contributed by atoms with Gasteiger partial charge in [-0.15, -0.1) is 0 Å². The van der Waals surface area contributed by atoms with E-state index in [1.165, 1.54) is 4.31 Å². The summed E-state index contributed by atoms with van der Waals surface area (Å²) < 4.78 is 40.9. The minimum atomic E-state index is -3.55. The summed E-state index contributed by atoms with van der Waals surface area (Å²) in [4.78, 5) is 0.286. The molecule has 1 unspecified atom stereocenters. The van der Waals surface area contributed by atoms with E-state index in [0.717, 1.165) is 0 Å². The molecule has 1 fully saturated rings. The third-order valence-corrected chi connectivity index (χ3v) is 5.80. The SMILES string of the molecule is CCn1nc(C)c(S(=O)(=O)N2CCC(CF)C2)c1C. The van der Waals surface area contributed by atoms with Crippen LogP contribution in [0, 0.1) is 19.8 Å². The van der Waals surface area contributed by atoms with Crippen molar-refractivity contribution in [2.24, 2.45) is 5.92 Å². The fraction of sp³-hybridized carbons (Fsp3) is 0.750. The molecule has 7 heteroatoms. The van der Waals surface area contributed by atoms with Crippen LogP contribution in [-0.4, -0.2) is 42.3 Å². The van der Waals surface area contributed by atoms with Crippen molar-refractivity contribution in [3.63, 3.8) is 0 Å². The summed E-state index contributed by atoms with van der Waals surface area (Å²) in [7, 11) is -3.55. The molecule has 108 valence electrons. The molecule has 0 amide bonds. The van der Waals surface area contributed by atoms with Gasteiger partial charge in [0.15, 0.2) is 0 Å². The van der Waals surface area contributed by atoms with Gasteiger partial charge >= 0.3 is 0 Å². The molecule has 0 aliphatic carbocycles. The Morgan fingerprint density at radius 2 is 2.11 bits per heavy atom. The molecule has 1 aliphatic rings. The van der Waals surface area contributed by atoms with Gasteiger partial charge in [-0.25, -0.2) is 8.42 Å². The highest BCUT2D eigenvalue weighted by Crippen LogP contribution is 2.28. The lowest BCUT2D eigenvalue weighted by Crippen LogP contribution is -2.30. The quantitative estimate of drug-likeness (QED) is 0.844. The first-order valence-corrected chi connectivity index (χ1v) is 7.96. The fourth-order valence-corrected chi connectivity index (χ4v) is 4.54. The summed E-state index contributed by atoms with van der Waals surface area (Å²) in [6, 6.07) is 0. The minimum absolute atomic E-state index is 0.170. The van der Waals surface area contributed by atoms with Crippen LogP contribution in [0.3, 0.4) is 0 Å². The molecule has 0 aromatic carbocycles. The van der Waals surface area contributed by atoms with Gasteiger partial charge < -0.3 is 0 Å². The Morgan fingerprint density at radius 1 is 1.42 bits per heavy atom. The van der Waals surface area contributed by atoms with Crippen LogP contribution in [0.25, 0.3) is 0 Å². The molecule has 0 radical (unpaired) electrons. The maximum absolute atomic E-state index is 12.6. The Balaban J connectivity index is 2.38. The molecule has 1 atom stereocenters. The molecule has 0 N–H and O–H groups in total. The summed E-state index contributed by atoms with van der Waals surface area (Å²) in [5.74, 6) is -0.170. The van der Waals surface area contributed by atoms with Gasteiger partial charge in [0.2, 0.25) is 10.0 Å². The second-order valence-electron chi connectivity index (χ2n) is 4.99. The molecule has 0 spiro atoms. The van der Waals surface area contributed by atoms with Gasteiger partial charge in [-0.2, -0.15) is 9.40 Å². The average Bonchev–Trinajstić information content (AvgIpc) is 2.94. The molecule has 2 rings (SSSR count). The zero-order valence-electron chi connectivity index (χ0n) is 11.6. The number of alkyl halides is 1. The number of sulfonamides is 1. The van der Waals surface area contributed by atoms with Crippen molar-refractivity contribution in [1.82, 2.24) is 14.1 Å². The van der Waals surface area contributed by atoms with E-state index in [2.05, 4.69) is 5.10 Å². The lowest BCUT2D eigenvalue weighted by atomic mass is 10.1. The topological polar surface area (TPSA) is 55.2 Å². The normalized spacial score (nSPS) is 21.2. The highest BCUT2D eigenvalue weighted by Gasteiger charge is 2.35. The van der Waals surface area contributed by atoms with Gasteiger partial charge in [0.05, 0.1) is 18.1 Å². The Bertz CT molecular complexity index is 568. The largest absolute Gasteiger partial charge is 0.268 e. The average molecular weight is 289 g/mol. The standard InChI is InChI=1S/C12H20FN3O2S/c1-4-16-10(3)12(9(2)14-16)19(17,18)15-6-5-11(7-13)8-15/h11H,4-8H2,1-3H3. The number of rotatable bonds is 4. The summed E-state index contributed by atoms with van der Waals surface area (Å²) in [5, 5.41) is 4.24. The van der Waals surface area contributed by atoms with E-state index in [9.17, 15) is 12.8 Å². The van der Waals surface area contributed by atoms with Crippen molar-refractivity contribution in [3.8, 4) is 0 Å². The van der Waals surface area contributed by atoms with Crippen LogP contribution < -0.4 is 0 Å². The van der Waals surface area contributed by atoms with Crippen LogP contribution in [0.4, 0.5) is 4.39 Å². The van der Waals surface area contributed by atoms with Crippen molar-refractivity contribution in [1.29, 1.82) is 0 Å². The lowest BCUT2D eigenvalue weighted by molar-refractivity contribution is 0.366. The third-order valence-electron chi connectivity index (χ3n) is 3.68. The molecule has 2 heterocycles. The first kappa shape index (κ1) is 14.5. The Morgan fingerprint density at radius 3 is 2.58 bits per heavy atom. The van der Waals surface area contributed by atoms with Crippen molar-refractivity contribution in [3.05, 3.63) is 11.4 Å². The number of hydrogen-bond acceptors (Lipinski definition) is 3. The predicted octanol–water partition coefficient (Wildman–Crippen LogP) is 1.50. The molecule has 1 aromatic rings. The van der Waals surface area contributed by atoms with Crippen molar-refractivity contribution >= 4 is 10.0 Å². The third kappa shape index (κ3) is 2.41. The number of nitrogens with zero attached hydrogens (tertiary/aromatic N) is 3. The van der Waals surface area contributed by atoms with Crippen LogP contribution >= 0.6 is 0 Å². The summed E-state index contributed by atoms with van der Waals surface area (Å²) in [6.07, 6.45) is 0.593. The second kappa shape index (κ2) is 5.20. The molecule has 19 heavy (non-hydrogen) atoms. The van der Waals surface area contributed by atoms with Crippen LogP contribution in [0.1, 0.15) is 24.7 Å². The summed E-state index contributed by atoms with van der Waals surface area (Å²) in [5.41, 5.74) is 1.17. The number of hydrogen-bond donors (Lipinski definition) is 0. The molecule has 0 saturated carbocycles. The zero-order chi connectivity index (χ0) is 14.2. The van der Waals surface area contributed by atoms with Crippen molar-refractivity contribution < 1.29 is 12.8 Å². The highest BCUT2D eigenvalue weighted by molar-refractivity contribution is 7.89. The molecular weight excluding hydrogens is 269 g/mol. The van der Waals surface area contributed by atoms with E-state index in [-0.39, 0.29) is 17.4 Å². The van der Waals surface area contributed by atoms with Gasteiger partial charge in [0.25, 0.3) is 0 Å². The van der Waals surface area contributed by atoms with Gasteiger partial charge in [0, 0.05) is 25.6 Å². The van der Waals surface area contributed by atoms with Gasteiger partial charge in [-0.1, -0.05) is 0 Å². The molecule has 1 aromatic heterocycles. The zero-order valence-corrected chi connectivity index (χ0v) is 12.4. The lowest BCUT2D eigenvalue weighted by Gasteiger charge is -2.16. The number of halogens is 1. The Kier molecular flexibility index (Phi) is 3.96. The first-order valence-electron chi connectivity index (χ1n) is 6.52. The van der Waals surface area contributed by atoms with Crippen molar-refractivity contribution in [2.75, 3.05) is 19.8 Å². The second-order valence-corrected chi connectivity index (χ2v) is 6.86. The first-order chi connectivity index (χ1) is 8.91. The summed E-state index contributed by atoms with van der Waals surface area (Å²) >= 11 is 0. The van der Waals surface area contributed by atoms with Crippen molar-refractivity contribution in [2.45, 2.75) is 38.6 Å². The molecule has 1 saturated heterocycles. The fourth-order valence-electron chi connectivity index (χ4n) is 2.63. The van der Waals surface area contributed by atoms with E-state index in [0.29, 0.717) is 30.9 Å². The maximum Gasteiger partial charge on any atom is 0.246 e. The van der Waals surface area contributed by atoms with Crippen LogP contribution in [0.2, 0.25) is 0 Å². The van der Waals surface area contributed by atoms with E-state index in [1.54, 1.807) is 18.5 Å². The van der Waals surface area contributed by atoms with Gasteiger partial charge in [-0.3, -0.25) is 9.07 Å². The smallest absolute Gasteiger partial charge is 0.246 e. The highest BCUT2D eigenvalue weighted by atomic mass is 32.2. The van der Waals surface area contributed by atoms with Gasteiger partial charge in [-0.05, 0) is 27.2 Å². The van der Waals surface area contributed by atoms with E-state index < -0.39 is 16.7 Å². The Hall–Kier alpha value is -0.950.